The number of carbonyl (C=O) groups is 3. The predicted molar refractivity (Wildman–Crippen MR) is 64.8 cm³/mol. The van der Waals surface area contributed by atoms with Crippen molar-refractivity contribution in [3.8, 4) is 0 Å². The second-order valence-electron chi connectivity index (χ2n) is 4.81. The number of carboxylic acid groups (broad SMARTS) is 1. The van der Waals surface area contributed by atoms with Crippen molar-refractivity contribution in [3.63, 3.8) is 0 Å². The predicted octanol–water partition coefficient (Wildman–Crippen LogP) is 0.0818. The molecule has 2 atom stereocenters. The van der Waals surface area contributed by atoms with Crippen LogP contribution in [0.4, 0.5) is 0 Å². The van der Waals surface area contributed by atoms with Gasteiger partial charge < -0.3 is 15.3 Å². The largest absolute Gasteiger partial charge is 0.481 e. The molecule has 102 valence electrons. The van der Waals surface area contributed by atoms with E-state index in [4.69, 9.17) is 5.11 Å². The fourth-order valence-corrected chi connectivity index (χ4v) is 2.22. The average Bonchev–Trinajstić information content (AvgIpc) is 2.77. The Balaban J connectivity index is 2.37. The molecule has 1 rings (SSSR count). The maximum Gasteiger partial charge on any atom is 0.307 e. The minimum Gasteiger partial charge on any atom is -0.481 e. The number of hydrogen-bond donors (Lipinski definition) is 2. The van der Waals surface area contributed by atoms with Crippen LogP contribution in [0.1, 0.15) is 25.7 Å². The van der Waals surface area contributed by atoms with Gasteiger partial charge in [0.25, 0.3) is 0 Å². The van der Waals surface area contributed by atoms with E-state index in [1.54, 1.807) is 14.1 Å². The van der Waals surface area contributed by atoms with Crippen molar-refractivity contribution in [2.45, 2.75) is 25.7 Å². The first kappa shape index (κ1) is 14.5. The molecule has 2 unspecified atom stereocenters. The van der Waals surface area contributed by atoms with Crippen LogP contribution in [0.3, 0.4) is 0 Å². The number of nitrogens with zero attached hydrogens (tertiary/aromatic N) is 1. The Hall–Kier alpha value is -1.59. The molecule has 18 heavy (non-hydrogen) atoms. The molecule has 0 radical (unpaired) electrons. The van der Waals surface area contributed by atoms with Crippen LogP contribution >= 0.6 is 0 Å². The lowest BCUT2D eigenvalue weighted by atomic mass is 9.95. The molecule has 2 N–H and O–H groups in total. The topological polar surface area (TPSA) is 86.7 Å². The van der Waals surface area contributed by atoms with Gasteiger partial charge in [-0.15, -0.1) is 0 Å². The number of nitrogens with one attached hydrogen (secondary N) is 1. The first-order valence-corrected chi connectivity index (χ1v) is 6.14. The molecule has 0 aromatic carbocycles. The Kier molecular flexibility index (Phi) is 5.12. The molecule has 1 aliphatic rings. The molecule has 6 heteroatoms. The van der Waals surface area contributed by atoms with Crippen molar-refractivity contribution in [2.24, 2.45) is 11.8 Å². The van der Waals surface area contributed by atoms with Crippen molar-refractivity contribution >= 4 is 17.8 Å². The van der Waals surface area contributed by atoms with Crippen LogP contribution in [0, 0.1) is 11.8 Å². The van der Waals surface area contributed by atoms with E-state index in [0.29, 0.717) is 12.8 Å². The summed E-state index contributed by atoms with van der Waals surface area (Å²) in [6, 6.07) is 0. The highest BCUT2D eigenvalue weighted by Crippen LogP contribution is 2.31. The zero-order chi connectivity index (χ0) is 13.7. The van der Waals surface area contributed by atoms with E-state index >= 15 is 0 Å². The number of carboxylic acids is 1. The molecular weight excluding hydrogens is 236 g/mol. The summed E-state index contributed by atoms with van der Waals surface area (Å²) in [5.41, 5.74) is 0. The highest BCUT2D eigenvalue weighted by atomic mass is 16.4. The fraction of sp³-hybridized carbons (Fsp3) is 0.750. The van der Waals surface area contributed by atoms with E-state index in [9.17, 15) is 14.4 Å². The Morgan fingerprint density at radius 1 is 1.22 bits per heavy atom. The molecular formula is C12H20N2O4. The van der Waals surface area contributed by atoms with Crippen LogP contribution < -0.4 is 5.32 Å². The molecule has 0 aliphatic heterocycles. The normalized spacial score (nSPS) is 22.6. The molecule has 0 heterocycles. The van der Waals surface area contributed by atoms with Gasteiger partial charge in [-0.25, -0.2) is 0 Å². The smallest absolute Gasteiger partial charge is 0.307 e. The second kappa shape index (κ2) is 6.37. The minimum absolute atomic E-state index is 0.0588. The van der Waals surface area contributed by atoms with Crippen LogP contribution in [-0.2, 0) is 14.4 Å². The lowest BCUT2D eigenvalue weighted by Crippen LogP contribution is -2.37. The van der Waals surface area contributed by atoms with E-state index in [0.717, 1.165) is 6.42 Å². The van der Waals surface area contributed by atoms with E-state index in [1.165, 1.54) is 4.90 Å². The Morgan fingerprint density at radius 2 is 1.83 bits per heavy atom. The summed E-state index contributed by atoms with van der Waals surface area (Å²) in [4.78, 5) is 35.5. The van der Waals surface area contributed by atoms with Gasteiger partial charge in [-0.1, -0.05) is 6.42 Å². The van der Waals surface area contributed by atoms with Crippen molar-refractivity contribution in [1.29, 1.82) is 0 Å². The van der Waals surface area contributed by atoms with Crippen LogP contribution in [0.15, 0.2) is 0 Å². The Bertz CT molecular complexity index is 341. The third-order valence-corrected chi connectivity index (χ3v) is 3.31. The van der Waals surface area contributed by atoms with Gasteiger partial charge in [0, 0.05) is 27.1 Å². The zero-order valence-corrected chi connectivity index (χ0v) is 10.8. The van der Waals surface area contributed by atoms with Gasteiger partial charge in [-0.05, 0) is 12.8 Å². The van der Waals surface area contributed by atoms with Crippen molar-refractivity contribution in [2.75, 3.05) is 20.6 Å². The summed E-state index contributed by atoms with van der Waals surface area (Å²) >= 11 is 0. The van der Waals surface area contributed by atoms with Gasteiger partial charge in [0.1, 0.15) is 0 Å². The first-order valence-electron chi connectivity index (χ1n) is 6.14. The average molecular weight is 256 g/mol. The Labute approximate surface area is 106 Å². The monoisotopic (exact) mass is 256 g/mol. The van der Waals surface area contributed by atoms with Gasteiger partial charge in [0.2, 0.25) is 11.8 Å². The van der Waals surface area contributed by atoms with E-state index in [1.807, 2.05) is 0 Å². The van der Waals surface area contributed by atoms with E-state index < -0.39 is 17.8 Å². The number of rotatable bonds is 5. The van der Waals surface area contributed by atoms with Crippen LogP contribution in [0.25, 0.3) is 0 Å². The Morgan fingerprint density at radius 3 is 2.39 bits per heavy atom. The van der Waals surface area contributed by atoms with Crippen LogP contribution in [0.5, 0.6) is 0 Å². The SMILES string of the molecule is CN(C)C(=O)CCNC(=O)C1CCCC1C(=O)O. The molecule has 2 amide bonds. The molecule has 0 aromatic heterocycles. The molecule has 1 saturated carbocycles. The molecule has 0 saturated heterocycles. The standard InChI is InChI=1S/C12H20N2O4/c1-14(2)10(15)6-7-13-11(16)8-4-3-5-9(8)12(17)18/h8-9H,3-7H2,1-2H3,(H,13,16)(H,17,18). The highest BCUT2D eigenvalue weighted by Gasteiger charge is 2.37. The summed E-state index contributed by atoms with van der Waals surface area (Å²) in [7, 11) is 3.31. The number of hydrogen-bond acceptors (Lipinski definition) is 3. The van der Waals surface area contributed by atoms with Gasteiger partial charge in [-0.2, -0.15) is 0 Å². The third-order valence-electron chi connectivity index (χ3n) is 3.31. The van der Waals surface area contributed by atoms with Crippen LogP contribution in [-0.4, -0.2) is 48.4 Å². The van der Waals surface area contributed by atoms with Gasteiger partial charge in [-0.3, -0.25) is 14.4 Å². The number of carbonyl (C=O) groups excluding carboxylic acids is 2. The second-order valence-corrected chi connectivity index (χ2v) is 4.81. The van der Waals surface area contributed by atoms with E-state index in [-0.39, 0.29) is 24.8 Å². The molecule has 0 aromatic rings. The highest BCUT2D eigenvalue weighted by molar-refractivity contribution is 5.85. The maximum absolute atomic E-state index is 11.8. The summed E-state index contributed by atoms with van der Waals surface area (Å²) in [6.07, 6.45) is 2.18. The molecule has 0 spiro atoms. The van der Waals surface area contributed by atoms with Gasteiger partial charge >= 0.3 is 5.97 Å². The van der Waals surface area contributed by atoms with Crippen molar-refractivity contribution in [1.82, 2.24) is 10.2 Å². The van der Waals surface area contributed by atoms with E-state index in [2.05, 4.69) is 5.32 Å². The lowest BCUT2D eigenvalue weighted by molar-refractivity contribution is -0.146. The summed E-state index contributed by atoms with van der Waals surface area (Å²) in [5.74, 6) is -2.23. The van der Waals surface area contributed by atoms with Crippen LogP contribution in [0.2, 0.25) is 0 Å². The number of amides is 2. The quantitative estimate of drug-likeness (QED) is 0.729. The summed E-state index contributed by atoms with van der Waals surface area (Å²) in [6.45, 7) is 0.263. The third kappa shape index (κ3) is 3.72. The zero-order valence-electron chi connectivity index (χ0n) is 10.8. The molecule has 6 nitrogen and oxygen atoms in total. The minimum atomic E-state index is -0.906. The lowest BCUT2D eigenvalue weighted by Gasteiger charge is -2.16. The molecule has 1 fully saturated rings. The summed E-state index contributed by atoms with van der Waals surface area (Å²) < 4.78 is 0. The van der Waals surface area contributed by atoms with Crippen molar-refractivity contribution in [3.05, 3.63) is 0 Å². The fourth-order valence-electron chi connectivity index (χ4n) is 2.22. The maximum atomic E-state index is 11.8. The summed E-state index contributed by atoms with van der Waals surface area (Å²) in [5, 5.41) is 11.6. The first-order chi connectivity index (χ1) is 8.43. The number of aliphatic carboxylic acids is 1. The van der Waals surface area contributed by atoms with Crippen molar-refractivity contribution < 1.29 is 19.5 Å². The van der Waals surface area contributed by atoms with Gasteiger partial charge in [0.05, 0.1) is 11.8 Å². The molecule has 0 bridgehead atoms. The molecule has 1 aliphatic carbocycles. The van der Waals surface area contributed by atoms with Gasteiger partial charge in [0.15, 0.2) is 0 Å².